The molecule has 1 unspecified atom stereocenters. The number of carbonyl (C=O) groups is 2. The van der Waals surface area contributed by atoms with Crippen LogP contribution < -0.4 is 4.72 Å². The number of carbonyl (C=O) groups excluding carboxylic acids is 2. The minimum atomic E-state index is -4.72. The number of ether oxygens (including phenoxy) is 1. The van der Waals surface area contributed by atoms with Gasteiger partial charge in [-0.2, -0.15) is 18.3 Å². The number of amides is 1. The zero-order chi connectivity index (χ0) is 34.0. The van der Waals surface area contributed by atoms with E-state index in [0.717, 1.165) is 33.5 Å². The Balaban J connectivity index is 1.49. The van der Waals surface area contributed by atoms with Crippen LogP contribution >= 0.6 is 0 Å². The number of hydrogen-bond donors (Lipinski definition) is 1. The molecule has 13 nitrogen and oxygen atoms in total. The normalized spacial score (nSPS) is 16.7. The number of hydrazine groups is 1. The van der Waals surface area contributed by atoms with Gasteiger partial charge >= 0.3 is 12.1 Å². The molecular weight excluding hydrogens is 633 g/mol. The van der Waals surface area contributed by atoms with E-state index in [1.54, 1.807) is 45.0 Å². The highest BCUT2D eigenvalue weighted by Gasteiger charge is 2.39. The Bertz CT molecular complexity index is 1720. The molecule has 1 aromatic heterocycles. The summed E-state index contributed by atoms with van der Waals surface area (Å²) >= 11 is 0. The van der Waals surface area contributed by atoms with Crippen LogP contribution in [0.25, 0.3) is 16.9 Å². The van der Waals surface area contributed by atoms with Gasteiger partial charge in [-0.15, -0.1) is 5.01 Å². The van der Waals surface area contributed by atoms with E-state index in [9.17, 15) is 36.4 Å². The van der Waals surface area contributed by atoms with Crippen LogP contribution in [-0.4, -0.2) is 58.9 Å². The lowest BCUT2D eigenvalue weighted by atomic mass is 9.97. The number of benzene rings is 2. The second-order valence-electron chi connectivity index (χ2n) is 11.6. The molecule has 0 aliphatic carbocycles. The zero-order valence-electron chi connectivity index (χ0n) is 25.6. The first kappa shape index (κ1) is 34.2. The summed E-state index contributed by atoms with van der Waals surface area (Å²) in [6, 6.07) is 11.2. The van der Waals surface area contributed by atoms with E-state index in [0.29, 0.717) is 12.0 Å². The molecule has 1 aliphatic heterocycles. The van der Waals surface area contributed by atoms with Crippen LogP contribution in [0.15, 0.2) is 64.8 Å². The number of alkyl halides is 3. The molecule has 2 heterocycles. The lowest BCUT2D eigenvalue weighted by Crippen LogP contribution is -2.47. The number of hydrogen-bond acceptors (Lipinski definition) is 9. The van der Waals surface area contributed by atoms with Crippen molar-refractivity contribution >= 4 is 21.9 Å². The monoisotopic (exact) mass is 666 g/mol. The third kappa shape index (κ3) is 7.94. The number of rotatable bonds is 9. The molecule has 46 heavy (non-hydrogen) atoms. The van der Waals surface area contributed by atoms with Gasteiger partial charge in [0.2, 0.25) is 5.28 Å². The van der Waals surface area contributed by atoms with Crippen molar-refractivity contribution in [1.29, 1.82) is 0 Å². The Hall–Kier alpha value is -4.67. The van der Waals surface area contributed by atoms with Gasteiger partial charge in [0.15, 0.2) is 11.7 Å². The molecular formula is C29H33F3N6O7S. The van der Waals surface area contributed by atoms with E-state index in [1.807, 2.05) is 11.6 Å². The van der Waals surface area contributed by atoms with Crippen LogP contribution in [0, 0.1) is 17.5 Å². The van der Waals surface area contributed by atoms with Crippen LogP contribution in [0.4, 0.5) is 13.2 Å². The van der Waals surface area contributed by atoms with Crippen LogP contribution in [0.3, 0.4) is 0 Å². The van der Waals surface area contributed by atoms with Crippen molar-refractivity contribution in [2.45, 2.75) is 70.9 Å². The highest BCUT2D eigenvalue weighted by molar-refractivity contribution is 7.90. The van der Waals surface area contributed by atoms with Crippen LogP contribution in [0.1, 0.15) is 51.8 Å². The van der Waals surface area contributed by atoms with Gasteiger partial charge in [0, 0.05) is 12.5 Å². The molecule has 1 saturated heterocycles. The van der Waals surface area contributed by atoms with Gasteiger partial charge < -0.3 is 9.94 Å². The van der Waals surface area contributed by atoms with Crippen molar-refractivity contribution in [3.63, 3.8) is 0 Å². The van der Waals surface area contributed by atoms with Gasteiger partial charge in [0.05, 0.1) is 33.2 Å². The molecule has 1 fully saturated rings. The Kier molecular flexibility index (Phi) is 9.65. The summed E-state index contributed by atoms with van der Waals surface area (Å²) < 4.78 is 74.8. The quantitative estimate of drug-likeness (QED) is 0.110. The van der Waals surface area contributed by atoms with Crippen molar-refractivity contribution < 1.29 is 45.7 Å². The summed E-state index contributed by atoms with van der Waals surface area (Å²) in [4.78, 5) is 29.5. The molecule has 17 heteroatoms. The number of sulfonamides is 1. The molecule has 1 N–H and O–H groups in total. The summed E-state index contributed by atoms with van der Waals surface area (Å²) in [6.45, 7) is 8.13. The summed E-state index contributed by atoms with van der Waals surface area (Å²) in [5.74, 6) is -1.60. The third-order valence-electron chi connectivity index (χ3n) is 6.87. The summed E-state index contributed by atoms with van der Waals surface area (Å²) in [5.41, 5.74) is -0.303. The Labute approximate surface area is 263 Å². The maximum atomic E-state index is 13.5. The SMILES string of the molecule is Cc1ccc(-c2cc(C(F)(F)F)nn2-c2ccc(S(=O)(=O)NC(=O)[C@@H]3CCCN3/[N+]([O-])=N/OC(C)OC(=O)C(C)(C)C)cc2)cc1. The summed E-state index contributed by atoms with van der Waals surface area (Å²) in [7, 11) is -4.46. The standard InChI is InChI=1S/C29H33F3N6O7S/c1-18-8-10-20(11-9-18)24-17-25(29(30,31)32)33-37(24)21-12-14-22(15-13-21)46(42,43)34-26(39)23-7-6-16-36(23)38(41)35-45-19(2)44-27(40)28(3,4)5/h8-15,17,19,23H,6-7,16H2,1-5H3,(H,34,39)/b38-35-/t19?,23-/m0/s1. The molecule has 0 saturated carbocycles. The van der Waals surface area contributed by atoms with Crippen molar-refractivity contribution in [2.75, 3.05) is 6.54 Å². The predicted molar refractivity (Wildman–Crippen MR) is 156 cm³/mol. The topological polar surface area (TPSA) is 158 Å². The minimum absolute atomic E-state index is 0.00892. The number of nitrogens with one attached hydrogen (secondary N) is 1. The maximum absolute atomic E-state index is 13.5. The summed E-state index contributed by atoms with van der Waals surface area (Å²) in [5, 5.41) is 20.6. The number of aryl methyl sites for hydroxylation is 1. The van der Waals surface area contributed by atoms with Gasteiger partial charge in [-0.05, 0) is 70.9 Å². The Morgan fingerprint density at radius 3 is 2.33 bits per heavy atom. The van der Waals surface area contributed by atoms with Crippen molar-refractivity contribution in [3.8, 4) is 16.9 Å². The van der Waals surface area contributed by atoms with Gasteiger partial charge in [-0.3, -0.25) is 14.4 Å². The smallest absolute Gasteiger partial charge is 0.435 e. The molecule has 1 amide bonds. The van der Waals surface area contributed by atoms with Crippen LogP contribution in [0.2, 0.25) is 0 Å². The molecule has 3 aromatic rings. The molecule has 4 rings (SSSR count). The molecule has 0 spiro atoms. The second kappa shape index (κ2) is 13.0. The highest BCUT2D eigenvalue weighted by atomic mass is 32.2. The Morgan fingerprint density at radius 2 is 1.74 bits per heavy atom. The van der Waals surface area contributed by atoms with Gasteiger partial charge in [0.1, 0.15) is 0 Å². The van der Waals surface area contributed by atoms with E-state index in [2.05, 4.69) is 10.4 Å². The van der Waals surface area contributed by atoms with Gasteiger partial charge in [0.25, 0.3) is 22.2 Å². The van der Waals surface area contributed by atoms with E-state index in [1.165, 1.54) is 19.1 Å². The zero-order valence-corrected chi connectivity index (χ0v) is 26.4. The van der Waals surface area contributed by atoms with Crippen LogP contribution in [0.5, 0.6) is 0 Å². The lowest BCUT2D eigenvalue weighted by molar-refractivity contribution is -0.713. The van der Waals surface area contributed by atoms with Crippen molar-refractivity contribution in [3.05, 3.63) is 71.1 Å². The van der Waals surface area contributed by atoms with Crippen molar-refractivity contribution in [2.24, 2.45) is 10.7 Å². The van der Waals surface area contributed by atoms with E-state index < -0.39 is 51.5 Å². The minimum Gasteiger partial charge on any atom is -0.569 e. The first-order valence-corrected chi connectivity index (χ1v) is 15.6. The first-order valence-electron chi connectivity index (χ1n) is 14.1. The summed E-state index contributed by atoms with van der Waals surface area (Å²) in [6.07, 6.45) is -5.44. The number of aromatic nitrogens is 2. The third-order valence-corrected chi connectivity index (χ3v) is 8.23. The maximum Gasteiger partial charge on any atom is 0.435 e. The molecule has 1 aliphatic rings. The van der Waals surface area contributed by atoms with E-state index >= 15 is 0 Å². The molecule has 0 bridgehead atoms. The van der Waals surface area contributed by atoms with E-state index in [-0.39, 0.29) is 34.2 Å². The fourth-order valence-electron chi connectivity index (χ4n) is 4.40. The largest absolute Gasteiger partial charge is 0.569 e. The molecule has 248 valence electrons. The van der Waals surface area contributed by atoms with Crippen LogP contribution in [-0.2, 0) is 35.4 Å². The predicted octanol–water partition coefficient (Wildman–Crippen LogP) is 4.88. The Morgan fingerprint density at radius 1 is 1.11 bits per heavy atom. The second-order valence-corrected chi connectivity index (χ2v) is 13.3. The highest BCUT2D eigenvalue weighted by Crippen LogP contribution is 2.33. The number of nitrogens with zero attached hydrogens (tertiary/aromatic N) is 5. The van der Waals surface area contributed by atoms with E-state index in [4.69, 9.17) is 9.57 Å². The number of halogens is 3. The fraction of sp³-hybridized carbons (Fsp3) is 0.414. The lowest BCUT2D eigenvalue weighted by Gasteiger charge is -2.21. The average Bonchev–Trinajstić information content (AvgIpc) is 3.64. The molecule has 2 atom stereocenters. The fourth-order valence-corrected chi connectivity index (χ4v) is 5.41. The van der Waals surface area contributed by atoms with Crippen molar-refractivity contribution in [1.82, 2.24) is 19.5 Å². The molecule has 2 aromatic carbocycles. The first-order chi connectivity index (χ1) is 21.4. The number of esters is 1. The van der Waals surface area contributed by atoms with Gasteiger partial charge in [-0.1, -0.05) is 29.8 Å². The average molecular weight is 667 g/mol. The van der Waals surface area contributed by atoms with Gasteiger partial charge in [-0.25, -0.2) is 17.8 Å². The molecule has 0 radical (unpaired) electrons.